The number of piperidine rings is 1. The van der Waals surface area contributed by atoms with Crippen LogP contribution in [-0.4, -0.2) is 29.2 Å². The van der Waals surface area contributed by atoms with E-state index in [1.54, 1.807) is 0 Å². The van der Waals surface area contributed by atoms with Gasteiger partial charge in [0.15, 0.2) is 0 Å². The zero-order valence-electron chi connectivity index (χ0n) is 10.0. The van der Waals surface area contributed by atoms with Gasteiger partial charge >= 0.3 is 0 Å². The molecule has 1 fully saturated rings. The first-order chi connectivity index (χ1) is 7.06. The summed E-state index contributed by atoms with van der Waals surface area (Å²) in [6.45, 7) is 8.19. The Bertz CT molecular complexity index is 218. The number of halogens is 1. The summed E-state index contributed by atoms with van der Waals surface area (Å²) >= 11 is 3.52. The van der Waals surface area contributed by atoms with E-state index < -0.39 is 0 Å². The molecule has 0 N–H and O–H groups in total. The molecule has 1 heterocycles. The van der Waals surface area contributed by atoms with Crippen LogP contribution < -0.4 is 0 Å². The lowest BCUT2D eigenvalue weighted by Crippen LogP contribution is -2.43. The second-order valence-corrected chi connectivity index (χ2v) is 5.63. The van der Waals surface area contributed by atoms with E-state index in [2.05, 4.69) is 34.7 Å². The van der Waals surface area contributed by atoms with Crippen LogP contribution in [0, 0.1) is 17.8 Å². The molecule has 1 amide bonds. The first-order valence-electron chi connectivity index (χ1n) is 5.91. The summed E-state index contributed by atoms with van der Waals surface area (Å²) in [4.78, 5) is 14.2. The number of amides is 1. The zero-order valence-corrected chi connectivity index (χ0v) is 11.6. The van der Waals surface area contributed by atoms with E-state index >= 15 is 0 Å². The summed E-state index contributed by atoms with van der Waals surface area (Å²) in [6, 6.07) is 0. The number of nitrogens with zero attached hydrogens (tertiary/aromatic N) is 1. The van der Waals surface area contributed by atoms with Crippen LogP contribution in [-0.2, 0) is 4.79 Å². The van der Waals surface area contributed by atoms with Gasteiger partial charge in [-0.15, -0.1) is 0 Å². The quantitative estimate of drug-likeness (QED) is 0.726. The topological polar surface area (TPSA) is 20.3 Å². The molecule has 1 saturated heterocycles. The molecule has 15 heavy (non-hydrogen) atoms. The van der Waals surface area contributed by atoms with Gasteiger partial charge in [-0.05, 0) is 24.7 Å². The van der Waals surface area contributed by atoms with Gasteiger partial charge in [0.1, 0.15) is 0 Å². The molecule has 1 aliphatic heterocycles. The molecule has 1 rings (SSSR count). The predicted octanol–water partition coefficient (Wildman–Crippen LogP) is 2.91. The Morgan fingerprint density at radius 1 is 1.47 bits per heavy atom. The molecule has 1 aliphatic rings. The number of carbonyl (C=O) groups is 1. The third-order valence-corrected chi connectivity index (χ3v) is 4.35. The lowest BCUT2D eigenvalue weighted by molar-refractivity contribution is -0.138. The average molecular weight is 276 g/mol. The van der Waals surface area contributed by atoms with Crippen molar-refractivity contribution >= 4 is 21.8 Å². The number of hydrogen-bond acceptors (Lipinski definition) is 1. The monoisotopic (exact) mass is 275 g/mol. The van der Waals surface area contributed by atoms with Crippen LogP contribution in [0.4, 0.5) is 0 Å². The van der Waals surface area contributed by atoms with Crippen molar-refractivity contribution < 1.29 is 4.79 Å². The number of alkyl halides is 1. The summed E-state index contributed by atoms with van der Waals surface area (Å²) in [5, 5.41) is 1.02. The Morgan fingerprint density at radius 2 is 2.13 bits per heavy atom. The van der Waals surface area contributed by atoms with Crippen molar-refractivity contribution in [3.05, 3.63) is 0 Å². The van der Waals surface area contributed by atoms with Crippen LogP contribution >= 0.6 is 15.9 Å². The number of carbonyl (C=O) groups excluding carboxylic acids is 1. The van der Waals surface area contributed by atoms with E-state index in [0.29, 0.717) is 17.7 Å². The van der Waals surface area contributed by atoms with Crippen molar-refractivity contribution in [3.63, 3.8) is 0 Å². The van der Waals surface area contributed by atoms with Gasteiger partial charge in [0.05, 0.1) is 0 Å². The first-order valence-corrected chi connectivity index (χ1v) is 7.03. The zero-order chi connectivity index (χ0) is 11.4. The Morgan fingerprint density at radius 3 is 2.67 bits per heavy atom. The minimum absolute atomic E-state index is 0.166. The summed E-state index contributed by atoms with van der Waals surface area (Å²) in [5.41, 5.74) is 0. The van der Waals surface area contributed by atoms with Crippen LogP contribution in [0.25, 0.3) is 0 Å². The Balaban J connectivity index is 2.52. The van der Waals surface area contributed by atoms with Gasteiger partial charge in [0.25, 0.3) is 0 Å². The molecule has 2 nitrogen and oxygen atoms in total. The predicted molar refractivity (Wildman–Crippen MR) is 67.1 cm³/mol. The molecule has 2 unspecified atom stereocenters. The van der Waals surface area contributed by atoms with Crippen LogP contribution in [0.5, 0.6) is 0 Å². The van der Waals surface area contributed by atoms with Gasteiger partial charge in [-0.1, -0.05) is 36.7 Å². The van der Waals surface area contributed by atoms with Gasteiger partial charge in [-0.2, -0.15) is 0 Å². The highest BCUT2D eigenvalue weighted by Gasteiger charge is 2.27. The molecule has 0 aliphatic carbocycles. The third kappa shape index (κ3) is 3.47. The van der Waals surface area contributed by atoms with E-state index in [4.69, 9.17) is 0 Å². The molecule has 0 bridgehead atoms. The maximum Gasteiger partial charge on any atom is 0.225 e. The normalized spacial score (nSPS) is 24.3. The smallest absolute Gasteiger partial charge is 0.225 e. The standard InChI is InChI=1S/C12H22BrNO/c1-9(2)10(3)12(15)14-6-4-5-11(7-13)8-14/h9-11H,4-8H2,1-3H3. The summed E-state index contributed by atoms with van der Waals surface area (Å²) in [7, 11) is 0. The van der Waals surface area contributed by atoms with Crippen LogP contribution in [0.3, 0.4) is 0 Å². The van der Waals surface area contributed by atoms with Crippen molar-refractivity contribution in [1.82, 2.24) is 4.90 Å². The molecule has 3 heteroatoms. The summed E-state index contributed by atoms with van der Waals surface area (Å²) in [6.07, 6.45) is 2.41. The second kappa shape index (κ2) is 5.88. The fourth-order valence-electron chi connectivity index (χ4n) is 1.96. The molecule has 88 valence electrons. The van der Waals surface area contributed by atoms with Crippen molar-refractivity contribution in [3.8, 4) is 0 Å². The second-order valence-electron chi connectivity index (χ2n) is 4.98. The van der Waals surface area contributed by atoms with E-state index in [-0.39, 0.29) is 5.92 Å². The molecular weight excluding hydrogens is 254 g/mol. The fraction of sp³-hybridized carbons (Fsp3) is 0.917. The molecule has 0 radical (unpaired) electrons. The molecule has 0 saturated carbocycles. The van der Waals surface area contributed by atoms with E-state index in [1.807, 2.05) is 6.92 Å². The Kier molecular flexibility index (Phi) is 5.10. The Hall–Kier alpha value is -0.0500. The van der Waals surface area contributed by atoms with Gasteiger partial charge in [0, 0.05) is 24.3 Å². The number of likely N-dealkylation sites (tertiary alicyclic amines) is 1. The minimum atomic E-state index is 0.166. The van der Waals surface area contributed by atoms with E-state index in [0.717, 1.165) is 24.8 Å². The highest BCUT2D eigenvalue weighted by Crippen LogP contribution is 2.21. The van der Waals surface area contributed by atoms with Crippen LogP contribution in [0.1, 0.15) is 33.6 Å². The van der Waals surface area contributed by atoms with Crippen LogP contribution in [0.15, 0.2) is 0 Å². The van der Waals surface area contributed by atoms with Crippen molar-refractivity contribution in [2.24, 2.45) is 17.8 Å². The molecule has 0 aromatic carbocycles. The van der Waals surface area contributed by atoms with Gasteiger partial charge < -0.3 is 4.90 Å². The maximum absolute atomic E-state index is 12.1. The highest BCUT2D eigenvalue weighted by molar-refractivity contribution is 9.09. The summed E-state index contributed by atoms with van der Waals surface area (Å²) < 4.78 is 0. The molecule has 0 spiro atoms. The fourth-order valence-corrected chi connectivity index (χ4v) is 2.49. The minimum Gasteiger partial charge on any atom is -0.342 e. The SMILES string of the molecule is CC(C)C(C)C(=O)N1CCCC(CBr)C1. The molecule has 0 aromatic rings. The maximum atomic E-state index is 12.1. The van der Waals surface area contributed by atoms with Crippen LogP contribution in [0.2, 0.25) is 0 Å². The Labute approximate surface area is 102 Å². The first kappa shape index (κ1) is 13.0. The lowest BCUT2D eigenvalue weighted by Gasteiger charge is -2.34. The largest absolute Gasteiger partial charge is 0.342 e. The van der Waals surface area contributed by atoms with Crippen molar-refractivity contribution in [1.29, 1.82) is 0 Å². The van der Waals surface area contributed by atoms with Gasteiger partial charge in [-0.3, -0.25) is 4.79 Å². The van der Waals surface area contributed by atoms with Crippen molar-refractivity contribution in [2.75, 3.05) is 18.4 Å². The number of hydrogen-bond donors (Lipinski definition) is 0. The van der Waals surface area contributed by atoms with Gasteiger partial charge in [-0.25, -0.2) is 0 Å². The van der Waals surface area contributed by atoms with E-state index in [1.165, 1.54) is 6.42 Å². The highest BCUT2D eigenvalue weighted by atomic mass is 79.9. The van der Waals surface area contributed by atoms with Crippen molar-refractivity contribution in [2.45, 2.75) is 33.6 Å². The lowest BCUT2D eigenvalue weighted by atomic mass is 9.93. The molecule has 0 aromatic heterocycles. The summed E-state index contributed by atoms with van der Waals surface area (Å²) in [5.74, 6) is 1.61. The molecular formula is C12H22BrNO. The van der Waals surface area contributed by atoms with Gasteiger partial charge in [0.2, 0.25) is 5.91 Å². The third-order valence-electron chi connectivity index (χ3n) is 3.44. The average Bonchev–Trinajstić information content (AvgIpc) is 2.27. The molecule has 2 atom stereocenters. The van der Waals surface area contributed by atoms with E-state index in [9.17, 15) is 4.79 Å². The number of rotatable bonds is 3.